The minimum absolute atomic E-state index is 0.00884. The third kappa shape index (κ3) is 3.41. The Kier molecular flexibility index (Phi) is 4.17. The van der Waals surface area contributed by atoms with Gasteiger partial charge in [0.15, 0.2) is 0 Å². The molecule has 4 nitrogen and oxygen atoms in total. The Morgan fingerprint density at radius 3 is 2.85 bits per heavy atom. The summed E-state index contributed by atoms with van der Waals surface area (Å²) >= 11 is 0. The average molecular weight is 287 g/mol. The quantitative estimate of drug-likeness (QED) is 0.833. The fraction of sp³-hybridized carbons (Fsp3) is 0.462. The summed E-state index contributed by atoms with van der Waals surface area (Å²) in [5.41, 5.74) is -0.626. The molecule has 2 rings (SSSR count). The maximum Gasteiger partial charge on any atom is 0.416 e. The highest BCUT2D eigenvalue weighted by Gasteiger charge is 2.30. The SMILES string of the molecule is CC1CNCCN1C(=O)Nc1cccc(C(F)(F)F)c1. The van der Waals surface area contributed by atoms with Crippen LogP contribution in [0.2, 0.25) is 0 Å². The number of rotatable bonds is 1. The number of carbonyl (C=O) groups excluding carboxylic acids is 1. The Morgan fingerprint density at radius 1 is 1.45 bits per heavy atom. The fourth-order valence-electron chi connectivity index (χ4n) is 2.11. The number of nitrogens with zero attached hydrogens (tertiary/aromatic N) is 1. The molecule has 0 aromatic heterocycles. The van der Waals surface area contributed by atoms with Crippen LogP contribution in [0.5, 0.6) is 0 Å². The molecule has 1 aliphatic rings. The predicted octanol–water partition coefficient (Wildman–Crippen LogP) is 2.53. The molecular weight excluding hydrogens is 271 g/mol. The smallest absolute Gasteiger partial charge is 0.319 e. The standard InChI is InChI=1S/C13H16F3N3O/c1-9-8-17-5-6-19(9)12(20)18-11-4-2-3-10(7-11)13(14,15)16/h2-4,7,9,17H,5-6,8H2,1H3,(H,18,20). The molecule has 7 heteroatoms. The van der Waals surface area contributed by atoms with E-state index in [1.54, 1.807) is 4.90 Å². The van der Waals surface area contributed by atoms with Gasteiger partial charge in [0.25, 0.3) is 0 Å². The van der Waals surface area contributed by atoms with E-state index < -0.39 is 11.7 Å². The van der Waals surface area contributed by atoms with Gasteiger partial charge < -0.3 is 15.5 Å². The Labute approximate surface area is 114 Å². The molecule has 1 heterocycles. The molecule has 1 atom stereocenters. The number of benzene rings is 1. The minimum Gasteiger partial charge on any atom is -0.319 e. The third-order valence-corrected chi connectivity index (χ3v) is 3.20. The topological polar surface area (TPSA) is 44.4 Å². The van der Waals surface area contributed by atoms with Crippen LogP contribution >= 0.6 is 0 Å². The minimum atomic E-state index is -4.41. The van der Waals surface area contributed by atoms with Crippen LogP contribution in [0, 0.1) is 0 Å². The van der Waals surface area contributed by atoms with E-state index in [4.69, 9.17) is 0 Å². The lowest BCUT2D eigenvalue weighted by molar-refractivity contribution is -0.137. The van der Waals surface area contributed by atoms with Crippen molar-refractivity contribution in [3.05, 3.63) is 29.8 Å². The summed E-state index contributed by atoms with van der Waals surface area (Å²) in [7, 11) is 0. The van der Waals surface area contributed by atoms with Crippen molar-refractivity contribution in [2.24, 2.45) is 0 Å². The monoisotopic (exact) mass is 287 g/mol. The highest BCUT2D eigenvalue weighted by Crippen LogP contribution is 2.30. The van der Waals surface area contributed by atoms with E-state index in [-0.39, 0.29) is 17.8 Å². The summed E-state index contributed by atoms with van der Waals surface area (Å²) in [6, 6.07) is 4.26. The predicted molar refractivity (Wildman–Crippen MR) is 69.5 cm³/mol. The van der Waals surface area contributed by atoms with Crippen LogP contribution in [0.1, 0.15) is 12.5 Å². The lowest BCUT2D eigenvalue weighted by Gasteiger charge is -2.33. The van der Waals surface area contributed by atoms with Crippen molar-refractivity contribution in [2.75, 3.05) is 25.0 Å². The van der Waals surface area contributed by atoms with E-state index >= 15 is 0 Å². The van der Waals surface area contributed by atoms with Gasteiger partial charge in [-0.05, 0) is 25.1 Å². The first-order valence-electron chi connectivity index (χ1n) is 6.33. The van der Waals surface area contributed by atoms with Crippen molar-refractivity contribution < 1.29 is 18.0 Å². The summed E-state index contributed by atoms with van der Waals surface area (Å²) < 4.78 is 37.8. The van der Waals surface area contributed by atoms with Crippen molar-refractivity contribution in [3.63, 3.8) is 0 Å². The largest absolute Gasteiger partial charge is 0.416 e. The summed E-state index contributed by atoms with van der Waals surface area (Å²) in [4.78, 5) is 13.7. The van der Waals surface area contributed by atoms with Gasteiger partial charge in [-0.25, -0.2) is 4.79 Å². The molecule has 0 saturated carbocycles. The van der Waals surface area contributed by atoms with E-state index in [0.29, 0.717) is 19.6 Å². The van der Waals surface area contributed by atoms with Crippen molar-refractivity contribution in [2.45, 2.75) is 19.1 Å². The summed E-state index contributed by atoms with van der Waals surface area (Å²) in [6.45, 7) is 3.78. The number of hydrogen-bond donors (Lipinski definition) is 2. The molecule has 1 aromatic rings. The van der Waals surface area contributed by atoms with E-state index in [0.717, 1.165) is 12.1 Å². The zero-order chi connectivity index (χ0) is 14.8. The van der Waals surface area contributed by atoms with Crippen molar-refractivity contribution in [1.82, 2.24) is 10.2 Å². The fourth-order valence-corrected chi connectivity index (χ4v) is 2.11. The number of nitrogens with one attached hydrogen (secondary N) is 2. The second-order valence-corrected chi connectivity index (χ2v) is 4.76. The van der Waals surface area contributed by atoms with Gasteiger partial charge >= 0.3 is 12.2 Å². The van der Waals surface area contributed by atoms with Crippen LogP contribution in [0.4, 0.5) is 23.7 Å². The van der Waals surface area contributed by atoms with Gasteiger partial charge in [-0.3, -0.25) is 0 Å². The van der Waals surface area contributed by atoms with E-state index in [1.807, 2.05) is 6.92 Å². The lowest BCUT2D eigenvalue weighted by Crippen LogP contribution is -2.53. The van der Waals surface area contributed by atoms with Gasteiger partial charge in [-0.1, -0.05) is 6.07 Å². The summed E-state index contributed by atoms with van der Waals surface area (Å²) in [6.07, 6.45) is -4.41. The molecule has 2 amide bonds. The summed E-state index contributed by atoms with van der Waals surface area (Å²) in [5, 5.41) is 5.66. The molecule has 0 radical (unpaired) electrons. The van der Waals surface area contributed by atoms with Crippen molar-refractivity contribution in [3.8, 4) is 0 Å². The van der Waals surface area contributed by atoms with Gasteiger partial charge in [-0.2, -0.15) is 13.2 Å². The second kappa shape index (κ2) is 5.70. The highest BCUT2D eigenvalue weighted by atomic mass is 19.4. The van der Waals surface area contributed by atoms with Gasteiger partial charge in [-0.15, -0.1) is 0 Å². The lowest BCUT2D eigenvalue weighted by atomic mass is 10.2. The Balaban J connectivity index is 2.08. The normalized spacial score (nSPS) is 19.8. The van der Waals surface area contributed by atoms with Crippen LogP contribution < -0.4 is 10.6 Å². The number of amides is 2. The Bertz CT molecular complexity index is 490. The molecule has 1 aromatic carbocycles. The molecule has 20 heavy (non-hydrogen) atoms. The zero-order valence-electron chi connectivity index (χ0n) is 11.0. The number of piperazine rings is 1. The molecule has 0 spiro atoms. The number of urea groups is 1. The first kappa shape index (κ1) is 14.6. The zero-order valence-corrected chi connectivity index (χ0v) is 11.0. The first-order chi connectivity index (χ1) is 9.38. The van der Waals surface area contributed by atoms with Crippen LogP contribution in [-0.2, 0) is 6.18 Å². The molecule has 1 unspecified atom stereocenters. The number of hydrogen-bond acceptors (Lipinski definition) is 2. The van der Waals surface area contributed by atoms with Gasteiger partial charge in [0, 0.05) is 31.4 Å². The molecule has 0 aliphatic carbocycles. The van der Waals surface area contributed by atoms with Crippen LogP contribution in [0.25, 0.3) is 0 Å². The van der Waals surface area contributed by atoms with Crippen LogP contribution in [0.15, 0.2) is 24.3 Å². The van der Waals surface area contributed by atoms with E-state index in [9.17, 15) is 18.0 Å². The van der Waals surface area contributed by atoms with E-state index in [1.165, 1.54) is 12.1 Å². The number of carbonyl (C=O) groups is 1. The molecule has 1 aliphatic heterocycles. The molecule has 1 saturated heterocycles. The molecule has 0 bridgehead atoms. The number of alkyl halides is 3. The maximum absolute atomic E-state index is 12.6. The number of anilines is 1. The van der Waals surface area contributed by atoms with Crippen molar-refractivity contribution >= 4 is 11.7 Å². The van der Waals surface area contributed by atoms with Crippen LogP contribution in [0.3, 0.4) is 0 Å². The highest BCUT2D eigenvalue weighted by molar-refractivity contribution is 5.89. The average Bonchev–Trinajstić information content (AvgIpc) is 2.38. The second-order valence-electron chi connectivity index (χ2n) is 4.76. The number of halogens is 3. The molecule has 1 fully saturated rings. The Hall–Kier alpha value is -1.76. The van der Waals surface area contributed by atoms with Gasteiger partial charge in [0.2, 0.25) is 0 Å². The third-order valence-electron chi connectivity index (χ3n) is 3.20. The van der Waals surface area contributed by atoms with Gasteiger partial charge in [0.1, 0.15) is 0 Å². The first-order valence-corrected chi connectivity index (χ1v) is 6.33. The Morgan fingerprint density at radius 2 is 2.20 bits per heavy atom. The molecular formula is C13H16F3N3O. The van der Waals surface area contributed by atoms with E-state index in [2.05, 4.69) is 10.6 Å². The van der Waals surface area contributed by atoms with Gasteiger partial charge in [0.05, 0.1) is 5.56 Å². The summed E-state index contributed by atoms with van der Waals surface area (Å²) in [5.74, 6) is 0. The van der Waals surface area contributed by atoms with Crippen LogP contribution in [-0.4, -0.2) is 36.6 Å². The van der Waals surface area contributed by atoms with Crippen molar-refractivity contribution in [1.29, 1.82) is 0 Å². The molecule has 110 valence electrons. The maximum atomic E-state index is 12.6. The molecule has 2 N–H and O–H groups in total.